The molecule has 0 bridgehead atoms. The minimum atomic E-state index is -1.67. The van der Waals surface area contributed by atoms with Crippen LogP contribution in [0.4, 0.5) is 0 Å². The van der Waals surface area contributed by atoms with Crippen LogP contribution in [0.1, 0.15) is 361 Å². The van der Waals surface area contributed by atoms with E-state index >= 15 is 0 Å². The van der Waals surface area contributed by atoms with Gasteiger partial charge in [0.1, 0.15) is 36.6 Å². The Balaban J connectivity index is 2.21. The molecule has 0 spiro atoms. The third-order valence-electron chi connectivity index (χ3n) is 17.7. The van der Waals surface area contributed by atoms with Crippen LogP contribution in [-0.4, -0.2) is 110 Å². The summed E-state index contributed by atoms with van der Waals surface area (Å²) in [7, 11) is 0. The summed E-state index contributed by atoms with van der Waals surface area (Å²) >= 11 is 0. The summed E-state index contributed by atoms with van der Waals surface area (Å²) < 4.78 is 11.2. The van der Waals surface area contributed by atoms with Crippen molar-refractivity contribution in [2.45, 2.75) is 416 Å². The first-order valence-corrected chi connectivity index (χ1v) is 36.2. The average Bonchev–Trinajstić information content (AvgIpc) is 3.69. The number of ether oxygens (including phenoxy) is 2. The Bertz CT molecular complexity index is 1400. The Hall–Kier alpha value is -1.41. The lowest BCUT2D eigenvalue weighted by Gasteiger charge is -2.40. The number of hydrogen-bond donors (Lipinski definition) is 8. The summed E-state index contributed by atoms with van der Waals surface area (Å²) in [5, 5.41) is 76.5. The Kier molecular flexibility index (Phi) is 58.4. The molecule has 1 rings (SSSR count). The molecular weight excluding hydrogens is 1040 g/mol. The molecule has 0 radical (unpaired) electrons. The van der Waals surface area contributed by atoms with Gasteiger partial charge in [0.2, 0.25) is 5.91 Å². The number of hydrogen-bond acceptors (Lipinski definition) is 10. The molecule has 1 amide bonds. The summed E-state index contributed by atoms with van der Waals surface area (Å²) in [4.78, 5) is 13.3. The van der Waals surface area contributed by atoms with Crippen LogP contribution in [-0.2, 0) is 14.3 Å². The van der Waals surface area contributed by atoms with Crippen molar-refractivity contribution in [2.24, 2.45) is 0 Å². The summed E-state index contributed by atoms with van der Waals surface area (Å²) in [6.07, 6.45) is 65.6. The van der Waals surface area contributed by atoms with Crippen molar-refractivity contribution in [3.05, 3.63) is 24.3 Å². The first-order chi connectivity index (χ1) is 40.7. The van der Waals surface area contributed by atoms with Crippen LogP contribution < -0.4 is 5.32 Å². The molecule has 1 fully saturated rings. The normalized spacial score (nSPS) is 19.1. The maximum Gasteiger partial charge on any atom is 0.249 e. The van der Waals surface area contributed by atoms with Crippen LogP contribution in [0.15, 0.2) is 24.3 Å². The van der Waals surface area contributed by atoms with Crippen LogP contribution in [0.5, 0.6) is 0 Å². The van der Waals surface area contributed by atoms with Crippen LogP contribution in [0.2, 0.25) is 0 Å². The summed E-state index contributed by atoms with van der Waals surface area (Å²) in [6.45, 7) is 3.50. The van der Waals surface area contributed by atoms with Gasteiger partial charge in [0.05, 0.1) is 25.4 Å². The van der Waals surface area contributed by atoms with Gasteiger partial charge in [0, 0.05) is 0 Å². The van der Waals surface area contributed by atoms with Gasteiger partial charge in [-0.05, 0) is 51.4 Å². The molecule has 9 unspecified atom stereocenters. The molecule has 8 N–H and O–H groups in total. The Morgan fingerprint density at radius 2 is 0.723 bits per heavy atom. The summed E-state index contributed by atoms with van der Waals surface area (Å²) in [6, 6.07) is -1.19. The van der Waals surface area contributed by atoms with E-state index in [4.69, 9.17) is 9.47 Å². The lowest BCUT2D eigenvalue weighted by Crippen LogP contribution is -2.60. The van der Waals surface area contributed by atoms with E-state index in [1.807, 2.05) is 0 Å². The van der Waals surface area contributed by atoms with Gasteiger partial charge in [0.25, 0.3) is 0 Å². The van der Waals surface area contributed by atoms with Crippen molar-refractivity contribution in [3.63, 3.8) is 0 Å². The second-order valence-corrected chi connectivity index (χ2v) is 25.7. The fourth-order valence-electron chi connectivity index (χ4n) is 11.9. The van der Waals surface area contributed by atoms with E-state index < -0.39 is 74.2 Å². The first kappa shape index (κ1) is 79.6. The predicted octanol–water partition coefficient (Wildman–Crippen LogP) is 17.6. The molecule has 0 aromatic heterocycles. The van der Waals surface area contributed by atoms with Crippen LogP contribution in [0, 0.1) is 0 Å². The molecule has 0 saturated carbocycles. The van der Waals surface area contributed by atoms with Crippen molar-refractivity contribution >= 4 is 5.91 Å². The fourth-order valence-corrected chi connectivity index (χ4v) is 11.9. The molecule has 1 saturated heterocycles. The molecule has 9 atom stereocenters. The van der Waals surface area contributed by atoms with Gasteiger partial charge in [-0.15, -0.1) is 0 Å². The molecule has 492 valence electrons. The topological polar surface area (TPSA) is 189 Å². The number of carbonyl (C=O) groups is 1. The number of aliphatic hydroxyl groups excluding tert-OH is 7. The highest BCUT2D eigenvalue weighted by atomic mass is 16.7. The largest absolute Gasteiger partial charge is 0.394 e. The van der Waals surface area contributed by atoms with E-state index in [9.17, 15) is 40.5 Å². The number of aliphatic hydroxyl groups is 7. The van der Waals surface area contributed by atoms with E-state index in [0.717, 1.165) is 38.5 Å². The number of unbranched alkanes of at least 4 members (excludes halogenated alkanes) is 48. The van der Waals surface area contributed by atoms with E-state index in [0.29, 0.717) is 19.3 Å². The van der Waals surface area contributed by atoms with Gasteiger partial charge in [-0.25, -0.2) is 0 Å². The highest BCUT2D eigenvalue weighted by Crippen LogP contribution is 2.24. The number of nitrogens with one attached hydrogen (secondary N) is 1. The second-order valence-electron chi connectivity index (χ2n) is 25.7. The van der Waals surface area contributed by atoms with E-state index in [1.54, 1.807) is 0 Å². The molecular formula is C72H139NO10. The molecule has 1 aliphatic rings. The van der Waals surface area contributed by atoms with Crippen LogP contribution >= 0.6 is 0 Å². The van der Waals surface area contributed by atoms with Crippen molar-refractivity contribution in [2.75, 3.05) is 13.2 Å². The minimum absolute atomic E-state index is 0.249. The Morgan fingerprint density at radius 1 is 0.410 bits per heavy atom. The van der Waals surface area contributed by atoms with Crippen LogP contribution in [0.25, 0.3) is 0 Å². The number of amides is 1. The summed E-state index contributed by atoms with van der Waals surface area (Å²) in [5.74, 6) is -0.703. The SMILES string of the molecule is CCCCCCCCCCCCCCCCCCCC/C=C/CC/C=C/CCCC(O)C(O)C(COC1OC(CO)C(O)C(O)C1O)NC(=O)C(O)CCCCCCCCCCCCCCCCCCCCCCCCCCCCCCC. The monoisotopic (exact) mass is 1180 g/mol. The number of rotatable bonds is 64. The summed E-state index contributed by atoms with van der Waals surface area (Å²) in [5.41, 5.74) is 0. The van der Waals surface area contributed by atoms with E-state index in [1.165, 1.54) is 276 Å². The van der Waals surface area contributed by atoms with Gasteiger partial charge in [-0.3, -0.25) is 4.79 Å². The molecule has 1 aliphatic heterocycles. The zero-order chi connectivity index (χ0) is 60.3. The quantitative estimate of drug-likeness (QED) is 0.0215. The van der Waals surface area contributed by atoms with Crippen LogP contribution in [0.3, 0.4) is 0 Å². The molecule has 0 aliphatic carbocycles. The Labute approximate surface area is 512 Å². The number of allylic oxidation sites excluding steroid dienone is 4. The lowest BCUT2D eigenvalue weighted by molar-refractivity contribution is -0.303. The van der Waals surface area contributed by atoms with Crippen molar-refractivity contribution in [3.8, 4) is 0 Å². The first-order valence-electron chi connectivity index (χ1n) is 36.2. The molecule has 83 heavy (non-hydrogen) atoms. The second kappa shape index (κ2) is 60.9. The molecule has 0 aromatic rings. The van der Waals surface area contributed by atoms with Gasteiger partial charge < -0.3 is 50.5 Å². The molecule has 11 heteroatoms. The fraction of sp³-hybridized carbons (Fsp3) is 0.931. The van der Waals surface area contributed by atoms with E-state index in [2.05, 4.69) is 43.5 Å². The van der Waals surface area contributed by atoms with Gasteiger partial charge in [-0.1, -0.05) is 334 Å². The van der Waals surface area contributed by atoms with Crippen molar-refractivity contribution < 1.29 is 50.0 Å². The zero-order valence-corrected chi connectivity index (χ0v) is 54.5. The smallest absolute Gasteiger partial charge is 0.249 e. The van der Waals surface area contributed by atoms with Crippen molar-refractivity contribution in [1.29, 1.82) is 0 Å². The highest BCUT2D eigenvalue weighted by Gasteiger charge is 2.44. The standard InChI is InChI=1S/C72H139NO10/c1-3-5-7-9-11-13-15-17-19-21-23-25-27-29-31-32-34-36-38-40-42-44-46-48-50-52-54-56-58-60-65(76)71(81)73-63(62-82-72-70(80)69(79)68(78)66(61-74)83-72)67(77)64(75)59-57-55-53-51-49-47-45-43-41-39-37-35-33-30-28-26-24-22-20-18-16-14-12-10-8-6-4-2/h43,45,51,53,63-70,72,74-80H,3-42,44,46-50,52,54-62H2,1-2H3,(H,73,81)/b45-43+,53-51+. The highest BCUT2D eigenvalue weighted by molar-refractivity contribution is 5.80. The van der Waals surface area contributed by atoms with Gasteiger partial charge in [0.15, 0.2) is 6.29 Å². The Morgan fingerprint density at radius 3 is 1.07 bits per heavy atom. The van der Waals surface area contributed by atoms with Crippen molar-refractivity contribution in [1.82, 2.24) is 5.32 Å². The maximum atomic E-state index is 13.3. The van der Waals surface area contributed by atoms with E-state index in [-0.39, 0.29) is 12.8 Å². The third-order valence-corrected chi connectivity index (χ3v) is 17.7. The van der Waals surface area contributed by atoms with Gasteiger partial charge in [-0.2, -0.15) is 0 Å². The molecule has 11 nitrogen and oxygen atoms in total. The molecule has 0 aromatic carbocycles. The third kappa shape index (κ3) is 48.2. The average molecular weight is 1180 g/mol. The number of carbonyl (C=O) groups excluding carboxylic acids is 1. The maximum absolute atomic E-state index is 13.3. The lowest BCUT2D eigenvalue weighted by atomic mass is 9.98. The molecule has 1 heterocycles. The minimum Gasteiger partial charge on any atom is -0.394 e. The predicted molar refractivity (Wildman–Crippen MR) is 349 cm³/mol. The zero-order valence-electron chi connectivity index (χ0n) is 54.5. The van der Waals surface area contributed by atoms with Gasteiger partial charge >= 0.3 is 0 Å².